The van der Waals surface area contributed by atoms with Gasteiger partial charge in [0.25, 0.3) is 0 Å². The number of carbonyl (C=O) groups is 1. The molecule has 1 aromatic carbocycles. The van der Waals surface area contributed by atoms with Crippen molar-refractivity contribution in [2.45, 2.75) is 91.3 Å². The summed E-state index contributed by atoms with van der Waals surface area (Å²) in [5, 5.41) is 1.06. The van der Waals surface area contributed by atoms with Gasteiger partial charge in [0.1, 0.15) is 5.69 Å². The molecule has 0 fully saturated rings. The van der Waals surface area contributed by atoms with Crippen molar-refractivity contribution in [3.05, 3.63) is 41.6 Å². The first-order valence-electron chi connectivity index (χ1n) is 11.3. The zero-order valence-electron chi connectivity index (χ0n) is 19.3. The quantitative estimate of drug-likeness (QED) is 0.225. The van der Waals surface area contributed by atoms with Crippen molar-refractivity contribution in [2.75, 3.05) is 0 Å². The average molecular weight is 414 g/mol. The van der Waals surface area contributed by atoms with Gasteiger partial charge in [-0.3, -0.25) is 4.79 Å². The Labute approximate surface area is 179 Å². The molecule has 2 aromatic rings. The summed E-state index contributed by atoms with van der Waals surface area (Å²) in [5.74, 6) is 0. The summed E-state index contributed by atoms with van der Waals surface area (Å²) in [6.45, 7) is 13.6. The summed E-state index contributed by atoms with van der Waals surface area (Å²) in [6, 6.07) is 10.2. The van der Waals surface area contributed by atoms with E-state index in [1.165, 1.54) is 44.1 Å². The summed E-state index contributed by atoms with van der Waals surface area (Å²) in [6.07, 6.45) is 9.49. The van der Waals surface area contributed by atoms with Gasteiger partial charge in [-0.05, 0) is 42.6 Å². The number of unbranched alkanes of at least 4 members (excludes halogenated alkanes) is 5. The van der Waals surface area contributed by atoms with E-state index >= 15 is 0 Å². The van der Waals surface area contributed by atoms with Crippen molar-refractivity contribution < 1.29 is 9.22 Å². The molecule has 3 nitrogen and oxygen atoms in total. The summed E-state index contributed by atoms with van der Waals surface area (Å²) >= 11 is 0. The highest BCUT2D eigenvalue weighted by atomic mass is 28.3. The Morgan fingerprint density at radius 2 is 1.66 bits per heavy atom. The maximum absolute atomic E-state index is 11.2. The van der Waals surface area contributed by atoms with Crippen LogP contribution in [0, 0.1) is 5.41 Å². The number of hydrogen-bond donors (Lipinski definition) is 0. The van der Waals surface area contributed by atoms with Gasteiger partial charge in [-0.15, -0.1) is 0 Å². The molecule has 0 radical (unpaired) electrons. The molecule has 0 aliphatic heterocycles. The second kappa shape index (κ2) is 10.5. The number of fused-ring (bicyclic) bond motifs is 1. The lowest BCUT2D eigenvalue weighted by molar-refractivity contribution is -0.0505. The van der Waals surface area contributed by atoms with Gasteiger partial charge in [-0.2, -0.15) is 0 Å². The lowest BCUT2D eigenvalue weighted by atomic mass is 9.69. The molecule has 0 aliphatic rings. The second-order valence-electron chi connectivity index (χ2n) is 9.52. The Morgan fingerprint density at radius 1 is 1.00 bits per heavy atom. The number of aldehydes is 1. The third-order valence-electron chi connectivity index (χ3n) is 5.83. The molecule has 1 unspecified atom stereocenters. The van der Waals surface area contributed by atoms with E-state index in [0.717, 1.165) is 23.6 Å². The highest BCUT2D eigenvalue weighted by Crippen LogP contribution is 2.47. The topological polar surface area (TPSA) is 39.2 Å². The lowest BCUT2D eigenvalue weighted by Gasteiger charge is -2.47. The molecule has 4 heteroatoms. The largest absolute Gasteiger partial charge is 0.411 e. The van der Waals surface area contributed by atoms with Gasteiger partial charge in [0.15, 0.2) is 15.3 Å². The number of hydrogen-bond acceptors (Lipinski definition) is 3. The fourth-order valence-corrected chi connectivity index (χ4v) is 5.67. The van der Waals surface area contributed by atoms with Crippen LogP contribution in [0.1, 0.15) is 88.7 Å². The van der Waals surface area contributed by atoms with E-state index in [1.807, 2.05) is 6.07 Å². The van der Waals surface area contributed by atoms with Crippen molar-refractivity contribution in [1.82, 2.24) is 4.98 Å². The minimum absolute atomic E-state index is 0.0381. The van der Waals surface area contributed by atoms with Crippen molar-refractivity contribution in [3.8, 4) is 0 Å². The molecule has 0 aliphatic carbocycles. The SMILES string of the molecule is CCCCCCCCC(O[SiH](C)C)(c1ccc2ccc(C=O)nc2c1)C(C)(C)C. The number of pyridine rings is 1. The van der Waals surface area contributed by atoms with Crippen LogP contribution in [-0.4, -0.2) is 20.3 Å². The number of nitrogens with zero attached hydrogens (tertiary/aromatic N) is 1. The van der Waals surface area contributed by atoms with Crippen molar-refractivity contribution in [1.29, 1.82) is 0 Å². The zero-order chi connectivity index (χ0) is 21.5. The Hall–Kier alpha value is -1.52. The molecule has 1 aromatic heterocycles. The van der Waals surface area contributed by atoms with Gasteiger partial charge in [-0.25, -0.2) is 4.98 Å². The fraction of sp³-hybridized carbons (Fsp3) is 0.600. The van der Waals surface area contributed by atoms with E-state index in [9.17, 15) is 4.79 Å². The Bertz CT molecular complexity index is 797. The van der Waals surface area contributed by atoms with Crippen molar-refractivity contribution in [3.63, 3.8) is 0 Å². The van der Waals surface area contributed by atoms with E-state index in [2.05, 4.69) is 64.0 Å². The van der Waals surface area contributed by atoms with E-state index in [-0.39, 0.29) is 11.0 Å². The molecule has 0 spiro atoms. The van der Waals surface area contributed by atoms with Crippen LogP contribution in [0.2, 0.25) is 13.1 Å². The van der Waals surface area contributed by atoms with Crippen molar-refractivity contribution in [2.24, 2.45) is 5.41 Å². The highest BCUT2D eigenvalue weighted by molar-refractivity contribution is 6.48. The van der Waals surface area contributed by atoms with E-state index in [0.29, 0.717) is 5.69 Å². The second-order valence-corrected chi connectivity index (χ2v) is 11.9. The first kappa shape index (κ1) is 23.8. The van der Waals surface area contributed by atoms with Crippen LogP contribution in [0.5, 0.6) is 0 Å². The van der Waals surface area contributed by atoms with Crippen LogP contribution in [0.25, 0.3) is 10.9 Å². The van der Waals surface area contributed by atoms with Crippen LogP contribution in [0.4, 0.5) is 0 Å². The van der Waals surface area contributed by atoms with E-state index in [4.69, 9.17) is 4.43 Å². The number of aromatic nitrogens is 1. The summed E-state index contributed by atoms with van der Waals surface area (Å²) in [4.78, 5) is 15.8. The maximum atomic E-state index is 11.2. The molecule has 0 saturated heterocycles. The fourth-order valence-electron chi connectivity index (χ4n) is 4.26. The number of benzene rings is 1. The van der Waals surface area contributed by atoms with Crippen LogP contribution >= 0.6 is 0 Å². The van der Waals surface area contributed by atoms with Gasteiger partial charge in [-0.1, -0.05) is 84.4 Å². The normalized spacial score (nSPS) is 14.3. The highest BCUT2D eigenvalue weighted by Gasteiger charge is 2.44. The number of carbonyl (C=O) groups excluding carboxylic acids is 1. The minimum Gasteiger partial charge on any atom is -0.411 e. The lowest BCUT2D eigenvalue weighted by Crippen LogP contribution is -2.45. The van der Waals surface area contributed by atoms with E-state index in [1.54, 1.807) is 6.07 Å². The maximum Gasteiger partial charge on any atom is 0.172 e. The molecule has 160 valence electrons. The van der Waals surface area contributed by atoms with Gasteiger partial charge in [0, 0.05) is 5.39 Å². The first-order valence-corrected chi connectivity index (χ1v) is 14.1. The van der Waals surface area contributed by atoms with Crippen LogP contribution in [0.3, 0.4) is 0 Å². The molecule has 0 amide bonds. The number of rotatable bonds is 11. The first-order chi connectivity index (χ1) is 13.7. The molecular formula is C25H39NO2Si. The van der Waals surface area contributed by atoms with Gasteiger partial charge < -0.3 is 4.43 Å². The predicted octanol–water partition coefficient (Wildman–Crippen LogP) is 7.04. The molecule has 2 rings (SSSR count). The molecular weight excluding hydrogens is 374 g/mol. The third kappa shape index (κ3) is 5.99. The molecule has 29 heavy (non-hydrogen) atoms. The summed E-state index contributed by atoms with van der Waals surface area (Å²) in [7, 11) is -1.29. The Morgan fingerprint density at radius 3 is 2.28 bits per heavy atom. The van der Waals surface area contributed by atoms with Gasteiger partial charge >= 0.3 is 0 Å². The molecule has 0 N–H and O–H groups in total. The Kier molecular flexibility index (Phi) is 8.59. The summed E-state index contributed by atoms with van der Waals surface area (Å²) < 4.78 is 6.86. The van der Waals surface area contributed by atoms with Crippen LogP contribution in [0.15, 0.2) is 30.3 Å². The smallest absolute Gasteiger partial charge is 0.172 e. The van der Waals surface area contributed by atoms with Crippen molar-refractivity contribution >= 4 is 26.2 Å². The molecule has 1 atom stereocenters. The molecule has 0 bridgehead atoms. The van der Waals surface area contributed by atoms with E-state index < -0.39 is 9.04 Å². The molecule has 0 saturated carbocycles. The minimum atomic E-state index is -1.29. The zero-order valence-corrected chi connectivity index (χ0v) is 20.4. The summed E-state index contributed by atoms with van der Waals surface area (Å²) in [5.41, 5.74) is 2.18. The van der Waals surface area contributed by atoms with Gasteiger partial charge in [0.05, 0.1) is 11.1 Å². The molecule has 1 heterocycles. The van der Waals surface area contributed by atoms with Gasteiger partial charge in [0.2, 0.25) is 0 Å². The predicted molar refractivity (Wildman–Crippen MR) is 126 cm³/mol. The average Bonchev–Trinajstić information content (AvgIpc) is 2.67. The van der Waals surface area contributed by atoms with Crippen LogP contribution in [-0.2, 0) is 10.0 Å². The monoisotopic (exact) mass is 413 g/mol. The third-order valence-corrected chi connectivity index (χ3v) is 6.71. The van der Waals surface area contributed by atoms with Crippen LogP contribution < -0.4 is 0 Å². The standard InChI is InChI=1S/C25H39NO2Si/c1-7-8-9-10-11-12-17-25(24(2,3)4,28-29(5)6)21-15-13-20-14-16-22(19-27)26-23(20)18-21/h13-16,18-19,29H,7-12,17H2,1-6H3. The Balaban J connectivity index is 2.41.